The Bertz CT molecular complexity index is 707. The van der Waals surface area contributed by atoms with Crippen LogP contribution < -0.4 is 15.2 Å². The van der Waals surface area contributed by atoms with E-state index >= 15 is 0 Å². The maximum Gasteiger partial charge on any atom is 0.205 e. The van der Waals surface area contributed by atoms with Gasteiger partial charge < -0.3 is 20.2 Å². The van der Waals surface area contributed by atoms with Crippen molar-refractivity contribution in [2.75, 3.05) is 7.11 Å². The van der Waals surface area contributed by atoms with Gasteiger partial charge >= 0.3 is 0 Å². The Labute approximate surface area is 116 Å². The molecule has 2 aromatic rings. The van der Waals surface area contributed by atoms with Gasteiger partial charge in [0.2, 0.25) is 5.88 Å². The summed E-state index contributed by atoms with van der Waals surface area (Å²) in [5.74, 6) is 1.33. The van der Waals surface area contributed by atoms with E-state index in [1.807, 2.05) is 24.3 Å². The monoisotopic (exact) mass is 267 g/mol. The number of nitrogens with zero attached hydrogens (tertiary/aromatic N) is 1. The highest BCUT2D eigenvalue weighted by atomic mass is 16.5. The molecule has 1 atom stereocenters. The van der Waals surface area contributed by atoms with Crippen molar-refractivity contribution in [3.63, 3.8) is 0 Å². The molecule has 1 aliphatic rings. The summed E-state index contributed by atoms with van der Waals surface area (Å²) < 4.78 is 10.6. The molecule has 0 bridgehead atoms. The zero-order valence-electron chi connectivity index (χ0n) is 10.9. The number of hydrogen-bond donors (Lipinski definition) is 2. The van der Waals surface area contributed by atoms with Crippen molar-refractivity contribution in [3.8, 4) is 17.6 Å². The van der Waals surface area contributed by atoms with Crippen LogP contribution in [0.3, 0.4) is 0 Å². The van der Waals surface area contributed by atoms with Crippen LogP contribution in [0.4, 0.5) is 0 Å². The summed E-state index contributed by atoms with van der Waals surface area (Å²) in [5, 5.41) is 9.35. The van der Waals surface area contributed by atoms with E-state index in [4.69, 9.17) is 15.2 Å². The fourth-order valence-corrected chi connectivity index (χ4v) is 2.39. The third-order valence-electron chi connectivity index (χ3n) is 3.37. The Morgan fingerprint density at radius 1 is 1.30 bits per heavy atom. The minimum absolute atomic E-state index is 0.153. The van der Waals surface area contributed by atoms with Crippen molar-refractivity contribution >= 4 is 0 Å². The topological polar surface area (TPSA) is 84.1 Å². The smallest absolute Gasteiger partial charge is 0.205 e. The molecule has 0 aliphatic carbocycles. The minimum Gasteiger partial charge on any atom is -0.497 e. The number of nitrogens with one attached hydrogen (secondary N) is 1. The summed E-state index contributed by atoms with van der Waals surface area (Å²) in [6.45, 7) is 0. The third-order valence-corrected chi connectivity index (χ3v) is 3.37. The molecule has 0 radical (unpaired) electrons. The zero-order valence-corrected chi connectivity index (χ0v) is 10.9. The summed E-state index contributed by atoms with van der Waals surface area (Å²) in [5.41, 5.74) is 8.04. The van der Waals surface area contributed by atoms with Crippen LogP contribution in [0, 0.1) is 11.3 Å². The molecule has 20 heavy (non-hydrogen) atoms. The zero-order chi connectivity index (χ0) is 14.1. The second-order valence-corrected chi connectivity index (χ2v) is 4.45. The van der Waals surface area contributed by atoms with Crippen molar-refractivity contribution in [1.29, 1.82) is 5.26 Å². The minimum atomic E-state index is -0.246. The molecule has 1 unspecified atom stereocenters. The summed E-state index contributed by atoms with van der Waals surface area (Å²) in [6, 6.07) is 11.5. The number of nitrogens with two attached hydrogens (primary N) is 1. The van der Waals surface area contributed by atoms with E-state index in [2.05, 4.69) is 11.1 Å². The number of nitriles is 1. The first-order valence-corrected chi connectivity index (χ1v) is 6.13. The van der Waals surface area contributed by atoms with Gasteiger partial charge in [0.15, 0.2) is 5.75 Å². The Morgan fingerprint density at radius 3 is 2.70 bits per heavy atom. The first-order valence-electron chi connectivity index (χ1n) is 6.13. The van der Waals surface area contributed by atoms with Gasteiger partial charge in [0, 0.05) is 6.20 Å². The van der Waals surface area contributed by atoms with E-state index in [1.165, 1.54) is 0 Å². The number of methoxy groups -OCH3 is 1. The van der Waals surface area contributed by atoms with Crippen LogP contribution in [-0.2, 0) is 0 Å². The van der Waals surface area contributed by atoms with Gasteiger partial charge in [-0.2, -0.15) is 5.26 Å². The molecule has 2 heterocycles. The predicted octanol–water partition coefficient (Wildman–Crippen LogP) is 2.24. The number of H-pyrrole nitrogens is 1. The van der Waals surface area contributed by atoms with Crippen LogP contribution in [0.5, 0.6) is 11.5 Å². The first-order chi connectivity index (χ1) is 9.74. The molecule has 1 aliphatic heterocycles. The standard InChI is InChI=1S/C15H13N3O2/c1-19-10-4-2-9(3-5-10)13-11(8-16)15(17)20-12-6-7-18-14(12)13/h2-7,13,18H,17H2,1H3. The van der Waals surface area contributed by atoms with Gasteiger partial charge in [-0.3, -0.25) is 0 Å². The van der Waals surface area contributed by atoms with Crippen molar-refractivity contribution in [2.45, 2.75) is 5.92 Å². The van der Waals surface area contributed by atoms with Crippen LogP contribution in [0.1, 0.15) is 17.2 Å². The van der Waals surface area contributed by atoms with E-state index in [-0.39, 0.29) is 11.8 Å². The molecule has 0 amide bonds. The maximum atomic E-state index is 9.35. The number of benzene rings is 1. The molecule has 5 heteroatoms. The third kappa shape index (κ3) is 1.79. The number of aromatic amines is 1. The van der Waals surface area contributed by atoms with Crippen LogP contribution in [0.15, 0.2) is 48.0 Å². The Balaban J connectivity index is 2.12. The number of allylic oxidation sites excluding steroid dienone is 1. The lowest BCUT2D eigenvalue weighted by Crippen LogP contribution is -2.20. The fourth-order valence-electron chi connectivity index (χ4n) is 2.39. The van der Waals surface area contributed by atoms with Gasteiger partial charge in [-0.15, -0.1) is 0 Å². The maximum absolute atomic E-state index is 9.35. The molecule has 0 spiro atoms. The molecule has 0 saturated carbocycles. The number of fused-ring (bicyclic) bond motifs is 1. The number of rotatable bonds is 2. The van der Waals surface area contributed by atoms with E-state index in [0.29, 0.717) is 11.3 Å². The van der Waals surface area contributed by atoms with Crippen LogP contribution in [0.2, 0.25) is 0 Å². The Morgan fingerprint density at radius 2 is 2.05 bits per heavy atom. The molecular formula is C15H13N3O2. The van der Waals surface area contributed by atoms with Gasteiger partial charge in [-0.1, -0.05) is 12.1 Å². The lowest BCUT2D eigenvalue weighted by atomic mass is 9.87. The molecule has 0 fully saturated rings. The molecule has 3 rings (SSSR count). The largest absolute Gasteiger partial charge is 0.497 e. The van der Waals surface area contributed by atoms with E-state index in [1.54, 1.807) is 19.4 Å². The van der Waals surface area contributed by atoms with E-state index in [9.17, 15) is 5.26 Å². The first kappa shape index (κ1) is 12.2. The Kier molecular flexibility index (Phi) is 2.84. The molecule has 5 nitrogen and oxygen atoms in total. The van der Waals surface area contributed by atoms with Gasteiger partial charge in [-0.25, -0.2) is 0 Å². The highest BCUT2D eigenvalue weighted by molar-refractivity contribution is 5.53. The van der Waals surface area contributed by atoms with Crippen LogP contribution in [-0.4, -0.2) is 12.1 Å². The highest BCUT2D eigenvalue weighted by Gasteiger charge is 2.31. The fraction of sp³-hybridized carbons (Fsp3) is 0.133. The number of ether oxygens (including phenoxy) is 2. The number of aromatic nitrogens is 1. The van der Waals surface area contributed by atoms with Crippen LogP contribution in [0.25, 0.3) is 0 Å². The van der Waals surface area contributed by atoms with Gasteiger partial charge in [-0.05, 0) is 23.8 Å². The predicted molar refractivity (Wildman–Crippen MR) is 73.1 cm³/mol. The lowest BCUT2D eigenvalue weighted by molar-refractivity contribution is 0.393. The molecule has 100 valence electrons. The normalized spacial score (nSPS) is 17.1. The quantitative estimate of drug-likeness (QED) is 0.874. The summed E-state index contributed by atoms with van der Waals surface area (Å²) in [4.78, 5) is 3.12. The van der Waals surface area contributed by atoms with Gasteiger partial charge in [0.05, 0.1) is 18.7 Å². The van der Waals surface area contributed by atoms with Crippen molar-refractivity contribution in [1.82, 2.24) is 4.98 Å². The molecule has 0 saturated heterocycles. The average molecular weight is 267 g/mol. The number of hydrogen-bond acceptors (Lipinski definition) is 4. The van der Waals surface area contributed by atoms with Crippen LogP contribution >= 0.6 is 0 Å². The molecule has 1 aromatic carbocycles. The molecule has 3 N–H and O–H groups in total. The van der Waals surface area contributed by atoms with E-state index < -0.39 is 0 Å². The summed E-state index contributed by atoms with van der Waals surface area (Å²) >= 11 is 0. The second-order valence-electron chi connectivity index (χ2n) is 4.45. The summed E-state index contributed by atoms with van der Waals surface area (Å²) in [6.07, 6.45) is 1.77. The van der Waals surface area contributed by atoms with Gasteiger partial charge in [0.25, 0.3) is 0 Å². The SMILES string of the molecule is COc1ccc(C2C(C#N)=C(N)Oc3cc[nH]c32)cc1. The van der Waals surface area contributed by atoms with E-state index in [0.717, 1.165) is 17.0 Å². The average Bonchev–Trinajstić information content (AvgIpc) is 2.93. The lowest BCUT2D eigenvalue weighted by Gasteiger charge is -2.23. The van der Waals surface area contributed by atoms with Crippen molar-refractivity contribution in [2.24, 2.45) is 5.73 Å². The molecule has 1 aromatic heterocycles. The highest BCUT2D eigenvalue weighted by Crippen LogP contribution is 2.41. The van der Waals surface area contributed by atoms with Crippen molar-refractivity contribution < 1.29 is 9.47 Å². The summed E-state index contributed by atoms with van der Waals surface area (Å²) in [7, 11) is 1.62. The Hall–Kier alpha value is -2.87. The molecular weight excluding hydrogens is 254 g/mol. The second kappa shape index (κ2) is 4.67. The van der Waals surface area contributed by atoms with Gasteiger partial charge in [0.1, 0.15) is 17.4 Å². The van der Waals surface area contributed by atoms with Crippen molar-refractivity contribution in [3.05, 3.63) is 59.2 Å².